The molecule has 0 atom stereocenters. The zero-order valence-electron chi connectivity index (χ0n) is 13.6. The number of ether oxygens (including phenoxy) is 1. The number of esters is 1. The molecule has 2 aromatic rings. The predicted octanol–water partition coefficient (Wildman–Crippen LogP) is 3.46. The monoisotopic (exact) mass is 374 g/mol. The van der Waals surface area contributed by atoms with Gasteiger partial charge in [0.15, 0.2) is 6.61 Å². The molecule has 2 aromatic carbocycles. The summed E-state index contributed by atoms with van der Waals surface area (Å²) >= 11 is 5.92. The third-order valence-corrected chi connectivity index (χ3v) is 4.55. The first-order valence-electron chi connectivity index (χ1n) is 7.89. The number of amides is 1. The molecule has 0 radical (unpaired) electrons. The van der Waals surface area contributed by atoms with Crippen LogP contribution in [-0.4, -0.2) is 23.4 Å². The van der Waals surface area contributed by atoms with Gasteiger partial charge in [-0.2, -0.15) is 0 Å². The van der Waals surface area contributed by atoms with E-state index in [-0.39, 0.29) is 16.4 Å². The Hall–Kier alpha value is -2.93. The van der Waals surface area contributed by atoms with E-state index in [2.05, 4.69) is 5.32 Å². The molecule has 7 nitrogen and oxygen atoms in total. The maximum absolute atomic E-state index is 12.4. The molecule has 0 aromatic heterocycles. The van der Waals surface area contributed by atoms with Crippen LogP contribution in [0.1, 0.15) is 18.4 Å². The Morgan fingerprint density at radius 2 is 1.88 bits per heavy atom. The topological polar surface area (TPSA) is 98.5 Å². The Balaban J connectivity index is 1.58. The van der Waals surface area contributed by atoms with E-state index in [1.54, 1.807) is 0 Å². The van der Waals surface area contributed by atoms with Gasteiger partial charge in [-0.05, 0) is 24.5 Å². The highest BCUT2D eigenvalue weighted by Crippen LogP contribution is 2.49. The minimum Gasteiger partial charge on any atom is -0.455 e. The van der Waals surface area contributed by atoms with Gasteiger partial charge in [0.2, 0.25) is 0 Å². The first-order valence-corrected chi connectivity index (χ1v) is 8.27. The van der Waals surface area contributed by atoms with Crippen molar-refractivity contribution in [2.45, 2.75) is 18.3 Å². The number of carbonyl (C=O) groups excluding carboxylic acids is 2. The number of nitro benzene ring substituents is 1. The number of carbonyl (C=O) groups is 2. The molecule has 1 N–H and O–H groups in total. The van der Waals surface area contributed by atoms with Crippen molar-refractivity contribution in [2.75, 3.05) is 11.9 Å². The standard InChI is InChI=1S/C18H15ClN2O5/c19-14-10-13(21(24)25)6-7-15(14)20-16(22)11-26-17(23)18(8-9-18)12-4-2-1-3-5-12/h1-7,10H,8-9,11H2,(H,20,22). The largest absolute Gasteiger partial charge is 0.455 e. The summed E-state index contributed by atoms with van der Waals surface area (Å²) in [6.45, 7) is -0.458. The van der Waals surface area contributed by atoms with Crippen molar-refractivity contribution in [3.63, 3.8) is 0 Å². The number of nitro groups is 1. The van der Waals surface area contributed by atoms with Crippen molar-refractivity contribution < 1.29 is 19.2 Å². The minimum atomic E-state index is -0.660. The lowest BCUT2D eigenvalue weighted by atomic mass is 9.96. The predicted molar refractivity (Wildman–Crippen MR) is 95.0 cm³/mol. The quantitative estimate of drug-likeness (QED) is 0.474. The molecule has 0 unspecified atom stereocenters. The van der Waals surface area contributed by atoms with E-state index in [0.717, 1.165) is 11.6 Å². The second-order valence-electron chi connectivity index (χ2n) is 5.99. The lowest BCUT2D eigenvalue weighted by molar-refractivity contribution is -0.384. The van der Waals surface area contributed by atoms with Crippen LogP contribution in [0.2, 0.25) is 5.02 Å². The number of non-ortho nitro benzene ring substituents is 1. The van der Waals surface area contributed by atoms with Crippen LogP contribution in [0.15, 0.2) is 48.5 Å². The van der Waals surface area contributed by atoms with Gasteiger partial charge in [-0.25, -0.2) is 0 Å². The van der Waals surface area contributed by atoms with Crippen molar-refractivity contribution in [1.29, 1.82) is 0 Å². The summed E-state index contributed by atoms with van der Waals surface area (Å²) in [7, 11) is 0. The lowest BCUT2D eigenvalue weighted by Gasteiger charge is -2.15. The van der Waals surface area contributed by atoms with E-state index in [9.17, 15) is 19.7 Å². The van der Waals surface area contributed by atoms with Crippen LogP contribution in [0.3, 0.4) is 0 Å². The van der Waals surface area contributed by atoms with E-state index in [1.807, 2.05) is 30.3 Å². The molecule has 0 bridgehead atoms. The number of hydrogen-bond donors (Lipinski definition) is 1. The highest BCUT2D eigenvalue weighted by molar-refractivity contribution is 6.34. The summed E-state index contributed by atoms with van der Waals surface area (Å²) in [4.78, 5) is 34.5. The van der Waals surface area contributed by atoms with Crippen LogP contribution in [-0.2, 0) is 19.7 Å². The molecule has 26 heavy (non-hydrogen) atoms. The van der Waals surface area contributed by atoms with Gasteiger partial charge in [0.05, 0.1) is 21.0 Å². The summed E-state index contributed by atoms with van der Waals surface area (Å²) < 4.78 is 5.16. The minimum absolute atomic E-state index is 0.0295. The maximum Gasteiger partial charge on any atom is 0.317 e. The van der Waals surface area contributed by atoms with Gasteiger partial charge in [-0.15, -0.1) is 0 Å². The highest BCUT2D eigenvalue weighted by Gasteiger charge is 2.52. The molecule has 0 aliphatic heterocycles. The Morgan fingerprint density at radius 1 is 1.19 bits per heavy atom. The van der Waals surface area contributed by atoms with E-state index < -0.39 is 28.8 Å². The van der Waals surface area contributed by atoms with Crippen molar-refractivity contribution in [2.24, 2.45) is 0 Å². The molecule has 1 amide bonds. The van der Waals surface area contributed by atoms with Crippen molar-refractivity contribution in [1.82, 2.24) is 0 Å². The van der Waals surface area contributed by atoms with Crippen LogP contribution in [0.4, 0.5) is 11.4 Å². The van der Waals surface area contributed by atoms with Crippen molar-refractivity contribution >= 4 is 34.9 Å². The average molecular weight is 375 g/mol. The average Bonchev–Trinajstić information content (AvgIpc) is 3.44. The third-order valence-electron chi connectivity index (χ3n) is 4.24. The van der Waals surface area contributed by atoms with Gasteiger partial charge < -0.3 is 10.1 Å². The number of halogens is 1. The second-order valence-corrected chi connectivity index (χ2v) is 6.40. The molecule has 8 heteroatoms. The molecular weight excluding hydrogens is 360 g/mol. The van der Waals surface area contributed by atoms with Crippen molar-refractivity contribution in [3.05, 3.63) is 69.2 Å². The zero-order chi connectivity index (χ0) is 18.7. The fourth-order valence-electron chi connectivity index (χ4n) is 2.67. The van der Waals surface area contributed by atoms with Gasteiger partial charge in [-0.1, -0.05) is 41.9 Å². The molecule has 0 heterocycles. The Labute approximate surface area is 154 Å². The van der Waals surface area contributed by atoms with Crippen LogP contribution in [0.5, 0.6) is 0 Å². The normalized spacial score (nSPS) is 14.3. The second kappa shape index (κ2) is 7.13. The fraction of sp³-hybridized carbons (Fsp3) is 0.222. The summed E-state index contributed by atoms with van der Waals surface area (Å²) in [5.41, 5.74) is 0.247. The summed E-state index contributed by atoms with van der Waals surface area (Å²) in [6.07, 6.45) is 1.37. The molecular formula is C18H15ClN2O5. The van der Waals surface area contributed by atoms with E-state index in [0.29, 0.717) is 12.8 Å². The number of hydrogen-bond acceptors (Lipinski definition) is 5. The first-order chi connectivity index (χ1) is 12.4. The van der Waals surface area contributed by atoms with E-state index >= 15 is 0 Å². The van der Waals surface area contributed by atoms with Crippen LogP contribution in [0, 0.1) is 10.1 Å². The van der Waals surface area contributed by atoms with Crippen LogP contribution < -0.4 is 5.32 Å². The van der Waals surface area contributed by atoms with Gasteiger partial charge >= 0.3 is 5.97 Å². The van der Waals surface area contributed by atoms with E-state index in [1.165, 1.54) is 12.1 Å². The zero-order valence-corrected chi connectivity index (χ0v) is 14.4. The van der Waals surface area contributed by atoms with Gasteiger partial charge in [0, 0.05) is 12.1 Å². The summed E-state index contributed by atoms with van der Waals surface area (Å²) in [5.74, 6) is -1.01. The highest BCUT2D eigenvalue weighted by atomic mass is 35.5. The molecule has 134 valence electrons. The van der Waals surface area contributed by atoms with Gasteiger partial charge in [0.1, 0.15) is 0 Å². The molecule has 0 spiro atoms. The van der Waals surface area contributed by atoms with Crippen molar-refractivity contribution in [3.8, 4) is 0 Å². The SMILES string of the molecule is O=C(COC(=O)C1(c2ccccc2)CC1)Nc1ccc([N+](=O)[O-])cc1Cl. The smallest absolute Gasteiger partial charge is 0.317 e. The summed E-state index contributed by atoms with van der Waals surface area (Å²) in [5, 5.41) is 13.2. The summed E-state index contributed by atoms with van der Waals surface area (Å²) in [6, 6.07) is 13.0. The van der Waals surface area contributed by atoms with Crippen LogP contribution in [0.25, 0.3) is 0 Å². The van der Waals surface area contributed by atoms with Gasteiger partial charge in [-0.3, -0.25) is 19.7 Å². The first kappa shape index (κ1) is 17.9. The number of rotatable bonds is 6. The molecule has 0 saturated heterocycles. The molecule has 1 saturated carbocycles. The van der Waals surface area contributed by atoms with E-state index in [4.69, 9.17) is 16.3 Å². The molecule has 1 aliphatic carbocycles. The third kappa shape index (κ3) is 3.67. The maximum atomic E-state index is 12.4. The molecule has 1 fully saturated rings. The Morgan fingerprint density at radius 3 is 2.46 bits per heavy atom. The number of nitrogens with one attached hydrogen (secondary N) is 1. The fourth-order valence-corrected chi connectivity index (χ4v) is 2.89. The Kier molecular flexibility index (Phi) is 4.90. The lowest BCUT2D eigenvalue weighted by Crippen LogP contribution is -2.28. The van der Waals surface area contributed by atoms with Crippen LogP contribution >= 0.6 is 11.6 Å². The number of benzene rings is 2. The van der Waals surface area contributed by atoms with Gasteiger partial charge in [0.25, 0.3) is 11.6 Å². The molecule has 1 aliphatic rings. The number of anilines is 1. The number of nitrogens with zero attached hydrogens (tertiary/aromatic N) is 1. The molecule has 3 rings (SSSR count). The Bertz CT molecular complexity index is 865.